The minimum absolute atomic E-state index is 0.177. The van der Waals surface area contributed by atoms with E-state index in [0.29, 0.717) is 19.3 Å². The number of hydrogen-bond acceptors (Lipinski definition) is 3. The fourth-order valence-corrected chi connectivity index (χ4v) is 3.33. The molecule has 0 saturated carbocycles. The highest BCUT2D eigenvalue weighted by atomic mass is 19.2. The molecule has 0 bridgehead atoms. The quantitative estimate of drug-likeness (QED) is 0.121. The van der Waals surface area contributed by atoms with Gasteiger partial charge < -0.3 is 14.9 Å². The lowest BCUT2D eigenvalue weighted by atomic mass is 10.0. The molecule has 8 heteroatoms. The molecule has 0 heterocycles. The molecular formula is C21H31F5O3. The summed E-state index contributed by atoms with van der Waals surface area (Å²) >= 11 is 0. The maximum absolute atomic E-state index is 13.7. The van der Waals surface area contributed by atoms with Gasteiger partial charge in [-0.3, -0.25) is 0 Å². The highest BCUT2D eigenvalue weighted by molar-refractivity contribution is 5.24. The third-order valence-corrected chi connectivity index (χ3v) is 4.95. The number of rotatable bonds is 15. The summed E-state index contributed by atoms with van der Waals surface area (Å²) in [7, 11) is 0. The van der Waals surface area contributed by atoms with Crippen molar-refractivity contribution >= 4 is 0 Å². The molecule has 29 heavy (non-hydrogen) atoms. The molecule has 0 aliphatic rings. The molecule has 0 amide bonds. The van der Waals surface area contributed by atoms with E-state index in [9.17, 15) is 22.0 Å². The van der Waals surface area contributed by atoms with Crippen molar-refractivity contribution < 1.29 is 36.9 Å². The Morgan fingerprint density at radius 2 is 1.10 bits per heavy atom. The number of hydrogen-bond donors (Lipinski definition) is 2. The maximum atomic E-state index is 13.7. The second-order valence-electron chi connectivity index (χ2n) is 7.29. The Labute approximate surface area is 168 Å². The SMILES string of the molecule is CCCCCCCCCC(CCCCc1c(F)c(F)c(F)c(F)c1F)OC(O)O. The number of benzene rings is 1. The molecule has 0 aliphatic carbocycles. The van der Waals surface area contributed by atoms with E-state index in [1.54, 1.807) is 0 Å². The highest BCUT2D eigenvalue weighted by Crippen LogP contribution is 2.25. The highest BCUT2D eigenvalue weighted by Gasteiger charge is 2.25. The van der Waals surface area contributed by atoms with Gasteiger partial charge in [0.05, 0.1) is 6.10 Å². The van der Waals surface area contributed by atoms with Crippen LogP contribution in [0.15, 0.2) is 0 Å². The van der Waals surface area contributed by atoms with Crippen LogP contribution in [0.25, 0.3) is 0 Å². The van der Waals surface area contributed by atoms with Crippen LogP contribution in [0.2, 0.25) is 0 Å². The van der Waals surface area contributed by atoms with Gasteiger partial charge >= 0.3 is 0 Å². The van der Waals surface area contributed by atoms with Crippen LogP contribution < -0.4 is 0 Å². The van der Waals surface area contributed by atoms with Crippen LogP contribution in [0.1, 0.15) is 83.1 Å². The third-order valence-electron chi connectivity index (χ3n) is 4.95. The largest absolute Gasteiger partial charge is 0.346 e. The summed E-state index contributed by atoms with van der Waals surface area (Å²) in [5.74, 6) is -9.65. The molecule has 1 rings (SSSR count). The lowest BCUT2D eigenvalue weighted by Gasteiger charge is -2.19. The molecule has 2 N–H and O–H groups in total. The van der Waals surface area contributed by atoms with Gasteiger partial charge in [0.1, 0.15) is 0 Å². The van der Waals surface area contributed by atoms with Crippen molar-refractivity contribution in [2.45, 2.75) is 96.6 Å². The second kappa shape index (κ2) is 13.9. The van der Waals surface area contributed by atoms with Crippen LogP contribution in [0, 0.1) is 29.1 Å². The molecule has 3 nitrogen and oxygen atoms in total. The zero-order valence-electron chi connectivity index (χ0n) is 16.8. The summed E-state index contributed by atoms with van der Waals surface area (Å²) < 4.78 is 71.9. The van der Waals surface area contributed by atoms with Gasteiger partial charge in [-0.05, 0) is 25.7 Å². The molecule has 0 radical (unpaired) electrons. The van der Waals surface area contributed by atoms with Crippen LogP contribution in [0.3, 0.4) is 0 Å². The van der Waals surface area contributed by atoms with Crippen LogP contribution in [-0.4, -0.2) is 22.8 Å². The van der Waals surface area contributed by atoms with Gasteiger partial charge in [0, 0.05) is 5.56 Å². The van der Waals surface area contributed by atoms with Crippen LogP contribution in [-0.2, 0) is 11.2 Å². The molecule has 0 aromatic heterocycles. The Balaban J connectivity index is 2.43. The van der Waals surface area contributed by atoms with Crippen molar-refractivity contribution in [3.8, 4) is 0 Å². The lowest BCUT2D eigenvalue weighted by Crippen LogP contribution is -2.21. The van der Waals surface area contributed by atoms with Crippen LogP contribution in [0.5, 0.6) is 0 Å². The smallest absolute Gasteiger partial charge is 0.266 e. The van der Waals surface area contributed by atoms with Crippen molar-refractivity contribution in [3.05, 3.63) is 34.6 Å². The van der Waals surface area contributed by atoms with Gasteiger partial charge in [-0.1, -0.05) is 58.3 Å². The predicted molar refractivity (Wildman–Crippen MR) is 99.5 cm³/mol. The zero-order chi connectivity index (χ0) is 21.8. The van der Waals surface area contributed by atoms with Gasteiger partial charge in [0.25, 0.3) is 6.48 Å². The molecule has 1 unspecified atom stereocenters. The second-order valence-corrected chi connectivity index (χ2v) is 7.29. The topological polar surface area (TPSA) is 49.7 Å². The van der Waals surface area contributed by atoms with E-state index in [4.69, 9.17) is 14.9 Å². The summed E-state index contributed by atoms with van der Waals surface area (Å²) in [5.41, 5.74) is -0.826. The van der Waals surface area contributed by atoms with Gasteiger partial charge in [-0.25, -0.2) is 22.0 Å². The van der Waals surface area contributed by atoms with Gasteiger partial charge in [-0.2, -0.15) is 0 Å². The van der Waals surface area contributed by atoms with E-state index >= 15 is 0 Å². The Bertz CT molecular complexity index is 581. The van der Waals surface area contributed by atoms with E-state index in [-0.39, 0.29) is 12.8 Å². The molecule has 1 aromatic carbocycles. The van der Waals surface area contributed by atoms with E-state index in [1.807, 2.05) is 0 Å². The fourth-order valence-electron chi connectivity index (χ4n) is 3.33. The minimum Gasteiger partial charge on any atom is -0.346 e. The van der Waals surface area contributed by atoms with Gasteiger partial charge in [0.2, 0.25) is 5.82 Å². The minimum atomic E-state index is -2.16. The van der Waals surface area contributed by atoms with E-state index in [2.05, 4.69) is 6.92 Å². The summed E-state index contributed by atoms with van der Waals surface area (Å²) in [6.45, 7) is 0.230. The fraction of sp³-hybridized carbons (Fsp3) is 0.714. The number of ether oxygens (including phenoxy) is 1. The monoisotopic (exact) mass is 426 g/mol. The maximum Gasteiger partial charge on any atom is 0.266 e. The molecular weight excluding hydrogens is 395 g/mol. The van der Waals surface area contributed by atoms with E-state index in [0.717, 1.165) is 25.7 Å². The standard InChI is InChI=1S/C21H31F5O3/c1-2-3-4-5-6-7-8-11-14(29-21(27)28)12-9-10-13-15-16(22)18(24)20(26)19(25)17(15)23/h14,21,27-28H,2-13H2,1H3. The molecule has 1 aromatic rings. The van der Waals surface area contributed by atoms with E-state index in [1.165, 1.54) is 19.3 Å². The summed E-state index contributed by atoms with van der Waals surface area (Å²) in [6.07, 6.45) is 8.49. The molecule has 168 valence electrons. The first-order valence-electron chi connectivity index (χ1n) is 10.3. The number of aliphatic hydroxyl groups is 2. The first-order valence-corrected chi connectivity index (χ1v) is 10.3. The van der Waals surface area contributed by atoms with Crippen molar-refractivity contribution in [1.82, 2.24) is 0 Å². The summed E-state index contributed by atoms with van der Waals surface area (Å²) in [5, 5.41) is 18.1. The Kier molecular flexibility index (Phi) is 12.3. The number of halogens is 5. The van der Waals surface area contributed by atoms with Crippen molar-refractivity contribution in [3.63, 3.8) is 0 Å². The van der Waals surface area contributed by atoms with E-state index < -0.39 is 47.2 Å². The van der Waals surface area contributed by atoms with Gasteiger partial charge in [0.15, 0.2) is 23.3 Å². The Hall–Kier alpha value is -1.25. The van der Waals surface area contributed by atoms with Gasteiger partial charge in [-0.15, -0.1) is 0 Å². The molecule has 1 atom stereocenters. The van der Waals surface area contributed by atoms with Crippen LogP contribution in [0.4, 0.5) is 22.0 Å². The first kappa shape index (κ1) is 25.8. The zero-order valence-corrected chi connectivity index (χ0v) is 16.8. The Morgan fingerprint density at radius 1 is 0.655 bits per heavy atom. The average molecular weight is 426 g/mol. The molecule has 0 spiro atoms. The third kappa shape index (κ3) is 8.97. The lowest BCUT2D eigenvalue weighted by molar-refractivity contribution is -0.257. The molecule has 0 aliphatic heterocycles. The molecule has 0 fully saturated rings. The molecule has 0 saturated heterocycles. The van der Waals surface area contributed by atoms with Crippen molar-refractivity contribution in [2.24, 2.45) is 0 Å². The number of aliphatic hydroxyl groups excluding tert-OH is 1. The normalized spacial score (nSPS) is 12.7. The van der Waals surface area contributed by atoms with Crippen molar-refractivity contribution in [2.75, 3.05) is 0 Å². The summed E-state index contributed by atoms with van der Waals surface area (Å²) in [4.78, 5) is 0. The number of unbranched alkanes of at least 4 members (excludes halogenated alkanes) is 7. The predicted octanol–water partition coefficient (Wildman–Crippen LogP) is 5.89. The summed E-state index contributed by atoms with van der Waals surface area (Å²) in [6, 6.07) is 0. The average Bonchev–Trinajstić information content (AvgIpc) is 2.68. The first-order chi connectivity index (χ1) is 13.8. The Morgan fingerprint density at radius 3 is 1.62 bits per heavy atom. The van der Waals surface area contributed by atoms with Crippen LogP contribution >= 0.6 is 0 Å². The van der Waals surface area contributed by atoms with Crippen molar-refractivity contribution in [1.29, 1.82) is 0 Å².